The van der Waals surface area contributed by atoms with Crippen LogP contribution in [0.5, 0.6) is 11.5 Å². The molecule has 0 unspecified atom stereocenters. The van der Waals surface area contributed by atoms with E-state index >= 15 is 0 Å². The minimum absolute atomic E-state index is 0.204. The number of hydrogen-bond acceptors (Lipinski definition) is 9. The van der Waals surface area contributed by atoms with Gasteiger partial charge >= 0.3 is 11.9 Å². The number of carboxylic acid groups (broad SMARTS) is 2. The fourth-order valence-corrected chi connectivity index (χ4v) is 4.46. The number of hydrazine groups is 1. The summed E-state index contributed by atoms with van der Waals surface area (Å²) in [6.45, 7) is 0. The van der Waals surface area contributed by atoms with Crippen LogP contribution < -0.4 is 27.6 Å². The van der Waals surface area contributed by atoms with Gasteiger partial charge in [-0.3, -0.25) is 5.01 Å². The van der Waals surface area contributed by atoms with E-state index in [1.807, 2.05) is 36.4 Å². The van der Waals surface area contributed by atoms with Gasteiger partial charge in [0.05, 0.1) is 17.1 Å². The van der Waals surface area contributed by atoms with Gasteiger partial charge in [-0.05, 0) is 59.7 Å². The highest BCUT2D eigenvalue weighted by molar-refractivity contribution is 6.09. The summed E-state index contributed by atoms with van der Waals surface area (Å²) < 4.78 is 0. The third-order valence-corrected chi connectivity index (χ3v) is 6.68. The Bertz CT molecular complexity index is 1940. The van der Waals surface area contributed by atoms with Crippen molar-refractivity contribution in [3.8, 4) is 11.5 Å². The lowest BCUT2D eigenvalue weighted by Gasteiger charge is -2.16. The highest BCUT2D eigenvalue weighted by Gasteiger charge is 2.13. The molecule has 0 saturated heterocycles. The first-order valence-electron chi connectivity index (χ1n) is 12.4. The van der Waals surface area contributed by atoms with E-state index in [1.54, 1.807) is 6.20 Å². The zero-order valence-corrected chi connectivity index (χ0v) is 21.9. The van der Waals surface area contributed by atoms with Crippen LogP contribution in [0.2, 0.25) is 0 Å². The Kier molecular flexibility index (Phi) is 7.05. The quantitative estimate of drug-likeness (QED) is 0.0958. The summed E-state index contributed by atoms with van der Waals surface area (Å²) >= 11 is 0. The molecule has 0 aliphatic heterocycles. The van der Waals surface area contributed by atoms with Gasteiger partial charge in [0.2, 0.25) is 0 Å². The molecule has 0 spiro atoms. The summed E-state index contributed by atoms with van der Waals surface area (Å²) in [6, 6.07) is 19.3. The first-order valence-corrected chi connectivity index (χ1v) is 12.4. The second-order valence-corrected chi connectivity index (χ2v) is 9.43. The summed E-state index contributed by atoms with van der Waals surface area (Å²) in [6.07, 6.45) is 3.01. The normalized spacial score (nSPS) is 12.0. The monoisotopic (exact) mass is 566 g/mol. The van der Waals surface area contributed by atoms with Crippen LogP contribution in [0.15, 0.2) is 85.2 Å². The number of aromatic amines is 1. The van der Waals surface area contributed by atoms with Gasteiger partial charge in [0.15, 0.2) is 0 Å². The number of rotatable bonds is 8. The minimum atomic E-state index is -1.26. The van der Waals surface area contributed by atoms with Gasteiger partial charge in [-0.1, -0.05) is 12.1 Å². The Morgan fingerprint density at radius 2 is 1.29 bits per heavy atom. The molecule has 0 saturated carbocycles. The molecule has 12 N–H and O–H groups in total. The Balaban J connectivity index is 1.42. The number of benzene rings is 4. The molecule has 42 heavy (non-hydrogen) atoms. The molecule has 212 valence electrons. The minimum Gasteiger partial charge on any atom is -0.507 e. The largest absolute Gasteiger partial charge is 0.507 e. The number of fused-ring (bicyclic) bond motifs is 3. The number of anilines is 2. The maximum Gasteiger partial charge on any atom is 0.339 e. The van der Waals surface area contributed by atoms with Crippen LogP contribution in [-0.2, 0) is 0 Å². The molecule has 0 aliphatic rings. The van der Waals surface area contributed by atoms with E-state index in [-0.39, 0.29) is 16.9 Å². The first kappa shape index (κ1) is 27.4. The van der Waals surface area contributed by atoms with Crippen molar-refractivity contribution >= 4 is 56.5 Å². The van der Waals surface area contributed by atoms with Gasteiger partial charge < -0.3 is 42.2 Å². The molecule has 12 nitrogen and oxygen atoms in total. The molecule has 0 aliphatic carbocycles. The fraction of sp³-hybridized carbons (Fsp3) is 0. The lowest BCUT2D eigenvalue weighted by atomic mass is 10.0. The molecule has 1 heterocycles. The fourth-order valence-electron chi connectivity index (χ4n) is 4.46. The molecule has 12 heteroatoms. The average molecular weight is 567 g/mol. The molecule has 0 fully saturated rings. The van der Waals surface area contributed by atoms with Crippen LogP contribution in [-0.4, -0.2) is 37.3 Å². The number of hydrogen-bond donors (Lipinski definition) is 9. The second-order valence-electron chi connectivity index (χ2n) is 9.43. The van der Waals surface area contributed by atoms with Crippen molar-refractivity contribution in [2.45, 2.75) is 0 Å². The molecular formula is C30H26N6O6. The second kappa shape index (κ2) is 10.8. The summed E-state index contributed by atoms with van der Waals surface area (Å²) in [5.41, 5.74) is 16.9. The van der Waals surface area contributed by atoms with E-state index in [0.29, 0.717) is 33.9 Å². The zero-order valence-electron chi connectivity index (χ0n) is 21.9. The highest BCUT2D eigenvalue weighted by Crippen LogP contribution is 2.30. The smallest absolute Gasteiger partial charge is 0.339 e. The van der Waals surface area contributed by atoms with Crippen LogP contribution in [0.25, 0.3) is 33.2 Å². The Morgan fingerprint density at radius 1 is 0.738 bits per heavy atom. The van der Waals surface area contributed by atoms with Gasteiger partial charge in [-0.25, -0.2) is 15.4 Å². The molecule has 0 bridgehead atoms. The van der Waals surface area contributed by atoms with Gasteiger partial charge in [0.1, 0.15) is 22.6 Å². The van der Waals surface area contributed by atoms with E-state index in [2.05, 4.69) is 10.3 Å². The van der Waals surface area contributed by atoms with Crippen molar-refractivity contribution in [2.75, 3.05) is 10.3 Å². The molecule has 0 amide bonds. The van der Waals surface area contributed by atoms with Gasteiger partial charge in [-0.15, -0.1) is 0 Å². The van der Waals surface area contributed by atoms with Gasteiger partial charge in [-0.2, -0.15) is 0 Å². The predicted octanol–water partition coefficient (Wildman–Crippen LogP) is 4.14. The topological polar surface area (TPSA) is 224 Å². The number of aromatic nitrogens is 1. The van der Waals surface area contributed by atoms with E-state index in [9.17, 15) is 19.8 Å². The van der Waals surface area contributed by atoms with Crippen LogP contribution in [0.4, 0.5) is 11.4 Å². The number of aromatic hydroxyl groups is 2. The lowest BCUT2D eigenvalue weighted by Crippen LogP contribution is -2.25. The maximum absolute atomic E-state index is 11.2. The summed E-state index contributed by atoms with van der Waals surface area (Å²) in [5, 5.41) is 44.0. The van der Waals surface area contributed by atoms with Crippen LogP contribution >= 0.6 is 0 Å². The third-order valence-electron chi connectivity index (χ3n) is 6.68. The number of nitrogens with two attached hydrogens (primary N) is 3. The molecule has 0 atom stereocenters. The molecule has 5 rings (SSSR count). The Labute approximate surface area is 238 Å². The van der Waals surface area contributed by atoms with Crippen molar-refractivity contribution in [2.24, 2.45) is 17.3 Å². The molecule has 0 radical (unpaired) electrons. The summed E-state index contributed by atoms with van der Waals surface area (Å²) in [7, 11) is 0. The number of aromatic carboxylic acids is 2. The van der Waals surface area contributed by atoms with E-state index in [4.69, 9.17) is 27.5 Å². The number of nitrogens with zero attached hydrogens (tertiary/aromatic N) is 1. The Hall–Kier alpha value is -6.14. The summed E-state index contributed by atoms with van der Waals surface area (Å²) in [4.78, 5) is 25.6. The number of nitrogens with one attached hydrogen (secondary N) is 2. The van der Waals surface area contributed by atoms with Crippen LogP contribution in [0.3, 0.4) is 0 Å². The highest BCUT2D eigenvalue weighted by atomic mass is 16.4. The molecule has 4 aromatic carbocycles. The summed E-state index contributed by atoms with van der Waals surface area (Å²) in [5.74, 6) is 2.84. The van der Waals surface area contributed by atoms with Crippen LogP contribution in [0.1, 0.15) is 31.8 Å². The average Bonchev–Trinajstić information content (AvgIpc) is 3.32. The van der Waals surface area contributed by atoms with E-state index in [0.717, 1.165) is 21.8 Å². The zero-order chi connectivity index (χ0) is 30.1. The van der Waals surface area contributed by atoms with E-state index in [1.165, 1.54) is 47.6 Å². The predicted molar refractivity (Wildman–Crippen MR) is 161 cm³/mol. The SMILES string of the molecule is N/C(=C\Nc1ccc(C(=O)O)c(O)c1)c1ccc2[nH]c3ccc(/C(N)=C/N(N)c4ccc(C(=O)O)c(O)c4)cc3c2c1. The lowest BCUT2D eigenvalue weighted by molar-refractivity contribution is 0.0682. The molecular weight excluding hydrogens is 540 g/mol. The standard InChI is InChI=1S/C30H26N6O6/c31-23(13-34-17-3-5-19(29(39)40)27(37)11-17)15-1-7-25-21(9-15)22-10-16(2-8-26(22)35-25)24(32)14-36(33)18-4-6-20(30(41)42)28(38)12-18/h1-14,34-35,37-38H,31-33H2,(H,39,40)(H,41,42)/b23-13-,24-14-. The number of carbonyl (C=O) groups is 2. The molecule has 5 aromatic rings. The van der Waals surface area contributed by atoms with Crippen molar-refractivity contribution in [3.63, 3.8) is 0 Å². The first-order chi connectivity index (χ1) is 20.0. The van der Waals surface area contributed by atoms with Crippen molar-refractivity contribution in [1.29, 1.82) is 0 Å². The number of H-pyrrole nitrogens is 1. The Morgan fingerprint density at radius 3 is 1.83 bits per heavy atom. The van der Waals surface area contributed by atoms with E-state index < -0.39 is 17.7 Å². The van der Waals surface area contributed by atoms with Gasteiger partial charge in [0.25, 0.3) is 0 Å². The molecule has 1 aromatic heterocycles. The maximum atomic E-state index is 11.2. The van der Waals surface area contributed by atoms with Crippen molar-refractivity contribution in [1.82, 2.24) is 4.98 Å². The van der Waals surface area contributed by atoms with Crippen molar-refractivity contribution in [3.05, 3.63) is 107 Å². The third kappa shape index (κ3) is 5.33. The number of phenols is 2. The van der Waals surface area contributed by atoms with Gasteiger partial charge in [0, 0.05) is 52.0 Å². The number of carboxylic acids is 2. The van der Waals surface area contributed by atoms with Crippen molar-refractivity contribution < 1.29 is 30.0 Å². The van der Waals surface area contributed by atoms with Crippen LogP contribution in [0, 0.1) is 0 Å².